The second-order valence-electron chi connectivity index (χ2n) is 5.00. The maximum atomic E-state index is 5.89. The van der Waals surface area contributed by atoms with Crippen LogP contribution in [0.25, 0.3) is 5.69 Å². The van der Waals surface area contributed by atoms with Crippen LogP contribution < -0.4 is 5.73 Å². The molecule has 1 unspecified atom stereocenters. The highest BCUT2D eigenvalue weighted by atomic mass is 15.1. The first-order valence-electron chi connectivity index (χ1n) is 6.27. The van der Waals surface area contributed by atoms with Gasteiger partial charge in [0.1, 0.15) is 0 Å². The summed E-state index contributed by atoms with van der Waals surface area (Å²) in [5.41, 5.74) is 9.22. The molecule has 0 amide bonds. The summed E-state index contributed by atoms with van der Waals surface area (Å²) < 4.78 is 2.08. The maximum Gasteiger partial charge on any atom is 0.0994 e. The van der Waals surface area contributed by atoms with Gasteiger partial charge >= 0.3 is 0 Å². The third-order valence-electron chi connectivity index (χ3n) is 3.24. The van der Waals surface area contributed by atoms with Crippen molar-refractivity contribution in [1.29, 1.82) is 0 Å². The molecule has 18 heavy (non-hydrogen) atoms. The molecule has 4 heteroatoms. The molecule has 0 saturated carbocycles. The van der Waals surface area contributed by atoms with Crippen LogP contribution in [0.2, 0.25) is 0 Å². The van der Waals surface area contributed by atoms with Gasteiger partial charge in [0.15, 0.2) is 0 Å². The second kappa shape index (κ2) is 5.31. The number of aromatic nitrogens is 3. The Hall–Kier alpha value is -1.68. The molecule has 0 fully saturated rings. The van der Waals surface area contributed by atoms with Crippen molar-refractivity contribution in [3.05, 3.63) is 42.2 Å². The van der Waals surface area contributed by atoms with Crippen LogP contribution in [0.4, 0.5) is 0 Å². The van der Waals surface area contributed by atoms with Gasteiger partial charge in [-0.15, -0.1) is 0 Å². The lowest BCUT2D eigenvalue weighted by Gasteiger charge is -2.20. The third kappa shape index (κ3) is 2.43. The van der Waals surface area contributed by atoms with E-state index in [-0.39, 0.29) is 0 Å². The Labute approximate surface area is 108 Å². The number of pyridine rings is 1. The molecular weight excluding hydrogens is 224 g/mol. The Morgan fingerprint density at radius 3 is 2.61 bits per heavy atom. The predicted molar refractivity (Wildman–Crippen MR) is 72.7 cm³/mol. The lowest BCUT2D eigenvalue weighted by atomic mass is 9.93. The predicted octanol–water partition coefficient (Wildman–Crippen LogP) is 2.27. The molecule has 1 atom stereocenters. The average Bonchev–Trinajstić information content (AvgIpc) is 2.78. The second-order valence-corrected chi connectivity index (χ2v) is 5.00. The van der Waals surface area contributed by atoms with Crippen LogP contribution in [0.5, 0.6) is 0 Å². The van der Waals surface area contributed by atoms with Gasteiger partial charge in [-0.1, -0.05) is 13.8 Å². The Kier molecular flexibility index (Phi) is 3.77. The summed E-state index contributed by atoms with van der Waals surface area (Å²) >= 11 is 0. The van der Waals surface area contributed by atoms with Gasteiger partial charge in [-0.25, -0.2) is 4.98 Å². The van der Waals surface area contributed by atoms with Crippen LogP contribution in [-0.4, -0.2) is 21.1 Å². The van der Waals surface area contributed by atoms with Crippen molar-refractivity contribution in [3.8, 4) is 5.69 Å². The number of nitrogens with zero attached hydrogens (tertiary/aromatic N) is 3. The number of imidazole rings is 1. The van der Waals surface area contributed by atoms with Gasteiger partial charge in [0.2, 0.25) is 0 Å². The quantitative estimate of drug-likeness (QED) is 0.897. The highest BCUT2D eigenvalue weighted by molar-refractivity contribution is 5.34. The van der Waals surface area contributed by atoms with E-state index in [2.05, 4.69) is 34.4 Å². The van der Waals surface area contributed by atoms with Crippen molar-refractivity contribution in [2.75, 3.05) is 6.54 Å². The molecule has 2 heterocycles. The van der Waals surface area contributed by atoms with E-state index in [0.717, 1.165) is 16.9 Å². The van der Waals surface area contributed by atoms with Crippen molar-refractivity contribution in [2.24, 2.45) is 11.7 Å². The Morgan fingerprint density at radius 1 is 1.22 bits per heavy atom. The first kappa shape index (κ1) is 12.8. The van der Waals surface area contributed by atoms with Crippen LogP contribution in [0.1, 0.15) is 31.0 Å². The molecule has 4 nitrogen and oxygen atoms in total. The van der Waals surface area contributed by atoms with Gasteiger partial charge in [0, 0.05) is 30.6 Å². The van der Waals surface area contributed by atoms with Gasteiger partial charge in [0.25, 0.3) is 0 Å². The molecule has 0 aromatic carbocycles. The van der Waals surface area contributed by atoms with Crippen LogP contribution in [0, 0.1) is 12.8 Å². The molecule has 0 saturated heterocycles. The van der Waals surface area contributed by atoms with E-state index in [1.165, 1.54) is 0 Å². The minimum atomic E-state index is 0.313. The van der Waals surface area contributed by atoms with E-state index in [0.29, 0.717) is 18.4 Å². The highest BCUT2D eigenvalue weighted by Gasteiger charge is 2.18. The van der Waals surface area contributed by atoms with Crippen LogP contribution in [0.15, 0.2) is 31.0 Å². The molecule has 2 aromatic heterocycles. The molecule has 0 spiro atoms. The summed E-state index contributed by atoms with van der Waals surface area (Å²) in [6.07, 6.45) is 7.44. The lowest BCUT2D eigenvalue weighted by molar-refractivity contribution is 0.489. The zero-order valence-electron chi connectivity index (χ0n) is 11.2. The summed E-state index contributed by atoms with van der Waals surface area (Å²) in [6, 6.07) is 2.10. The van der Waals surface area contributed by atoms with E-state index in [1.807, 2.05) is 31.8 Å². The van der Waals surface area contributed by atoms with Crippen LogP contribution in [0.3, 0.4) is 0 Å². The molecular formula is C14H20N4. The third-order valence-corrected chi connectivity index (χ3v) is 3.24. The number of nitrogens with two attached hydrogens (primary N) is 1. The Bertz CT molecular complexity index is 516. The van der Waals surface area contributed by atoms with Gasteiger partial charge < -0.3 is 10.3 Å². The fraction of sp³-hybridized carbons (Fsp3) is 0.429. The van der Waals surface area contributed by atoms with Crippen molar-refractivity contribution < 1.29 is 0 Å². The van der Waals surface area contributed by atoms with E-state index in [9.17, 15) is 0 Å². The SMILES string of the molecule is Cc1cncc(-n2cncc2C(CN)C(C)C)c1. The zero-order chi connectivity index (χ0) is 13.1. The lowest BCUT2D eigenvalue weighted by Crippen LogP contribution is -2.20. The summed E-state index contributed by atoms with van der Waals surface area (Å²) in [7, 11) is 0. The van der Waals surface area contributed by atoms with E-state index >= 15 is 0 Å². The minimum absolute atomic E-state index is 0.313. The molecule has 0 bridgehead atoms. The largest absolute Gasteiger partial charge is 0.330 e. The molecule has 0 aliphatic heterocycles. The normalized spacial score (nSPS) is 12.9. The number of hydrogen-bond acceptors (Lipinski definition) is 3. The molecule has 96 valence electrons. The summed E-state index contributed by atoms with van der Waals surface area (Å²) in [6.45, 7) is 7.03. The molecule has 2 N–H and O–H groups in total. The van der Waals surface area contributed by atoms with E-state index in [4.69, 9.17) is 5.73 Å². The first-order valence-corrected chi connectivity index (χ1v) is 6.27. The van der Waals surface area contributed by atoms with Gasteiger partial charge in [0.05, 0.1) is 18.2 Å². The maximum absolute atomic E-state index is 5.89. The fourth-order valence-corrected chi connectivity index (χ4v) is 2.20. The fourth-order valence-electron chi connectivity index (χ4n) is 2.20. The van der Waals surface area contributed by atoms with Crippen LogP contribution >= 0.6 is 0 Å². The molecule has 0 aliphatic rings. The number of rotatable bonds is 4. The van der Waals surface area contributed by atoms with Gasteiger partial charge in [-0.2, -0.15) is 0 Å². The molecule has 2 aromatic rings. The van der Waals surface area contributed by atoms with Crippen LogP contribution in [-0.2, 0) is 0 Å². The smallest absolute Gasteiger partial charge is 0.0994 e. The average molecular weight is 244 g/mol. The van der Waals surface area contributed by atoms with E-state index < -0.39 is 0 Å². The van der Waals surface area contributed by atoms with Gasteiger partial charge in [-0.3, -0.25) is 4.98 Å². The monoisotopic (exact) mass is 244 g/mol. The Balaban J connectivity index is 2.44. The van der Waals surface area contributed by atoms with Crippen molar-refractivity contribution in [2.45, 2.75) is 26.7 Å². The minimum Gasteiger partial charge on any atom is -0.330 e. The summed E-state index contributed by atoms with van der Waals surface area (Å²) in [4.78, 5) is 8.49. The first-order chi connectivity index (χ1) is 8.63. The topological polar surface area (TPSA) is 56.7 Å². The summed E-state index contributed by atoms with van der Waals surface area (Å²) in [5.74, 6) is 0.802. The standard InChI is InChI=1S/C14H20N4/c1-10(2)13(5-15)14-8-17-9-18(14)12-4-11(3)6-16-7-12/h4,6-10,13H,5,15H2,1-3H3. The van der Waals surface area contributed by atoms with Crippen molar-refractivity contribution in [3.63, 3.8) is 0 Å². The number of hydrogen-bond donors (Lipinski definition) is 1. The number of aryl methyl sites for hydroxylation is 1. The molecule has 0 radical (unpaired) electrons. The zero-order valence-corrected chi connectivity index (χ0v) is 11.2. The van der Waals surface area contributed by atoms with Crippen molar-refractivity contribution >= 4 is 0 Å². The molecule has 2 rings (SSSR count). The van der Waals surface area contributed by atoms with E-state index in [1.54, 1.807) is 0 Å². The van der Waals surface area contributed by atoms with Gasteiger partial charge in [-0.05, 0) is 24.5 Å². The highest BCUT2D eigenvalue weighted by Crippen LogP contribution is 2.25. The molecule has 0 aliphatic carbocycles. The summed E-state index contributed by atoms with van der Waals surface area (Å²) in [5, 5.41) is 0. The van der Waals surface area contributed by atoms with Crippen molar-refractivity contribution in [1.82, 2.24) is 14.5 Å². The Morgan fingerprint density at radius 2 is 2.00 bits per heavy atom.